The summed E-state index contributed by atoms with van der Waals surface area (Å²) < 4.78 is 0. The van der Waals surface area contributed by atoms with Gasteiger partial charge in [-0.25, -0.2) is 19.9 Å². The first-order valence-corrected chi connectivity index (χ1v) is 22.5. The van der Waals surface area contributed by atoms with Gasteiger partial charge in [-0.2, -0.15) is 0 Å². The zero-order valence-electron chi connectivity index (χ0n) is 37.5. The molecule has 4 aromatic heterocycles. The van der Waals surface area contributed by atoms with Crippen LogP contribution in [0.2, 0.25) is 0 Å². The molecule has 2 aliphatic rings. The van der Waals surface area contributed by atoms with Gasteiger partial charge in [-0.15, -0.1) is 0 Å². The van der Waals surface area contributed by atoms with Gasteiger partial charge < -0.3 is 0 Å². The van der Waals surface area contributed by atoms with Gasteiger partial charge in [0.05, 0.1) is 0 Å². The number of rotatable bonds is 10. The Labute approximate surface area is 387 Å². The number of hydrogen-bond acceptors (Lipinski definition) is 6. The van der Waals surface area contributed by atoms with Crippen LogP contribution >= 0.6 is 0 Å². The third-order valence-corrected chi connectivity index (χ3v) is 13.3. The average molecular weight is 853 g/mol. The lowest BCUT2D eigenvalue weighted by atomic mass is 9.81. The molecule has 0 bridgehead atoms. The molecule has 0 saturated carbocycles. The van der Waals surface area contributed by atoms with Crippen molar-refractivity contribution < 1.29 is 0 Å². The molecule has 0 amide bonds. The summed E-state index contributed by atoms with van der Waals surface area (Å²) in [7, 11) is 0. The van der Waals surface area contributed by atoms with E-state index in [0.717, 1.165) is 45.8 Å². The molecule has 2 aliphatic carbocycles. The topological polar surface area (TPSA) is 58.0 Å². The Hall–Kier alpha value is -8.22. The smallest absolute Gasteiger partial charge is 0.138 e. The van der Waals surface area contributed by atoms with Crippen LogP contribution in [0, 0.1) is 0 Å². The Morgan fingerprint density at radius 3 is 0.924 bits per heavy atom. The molecule has 9 aromatic rings. The normalized spacial score (nSPS) is 13.9. The van der Waals surface area contributed by atoms with Crippen molar-refractivity contribution in [2.45, 2.75) is 38.5 Å². The third-order valence-electron chi connectivity index (χ3n) is 13.3. The van der Waals surface area contributed by atoms with Gasteiger partial charge in [-0.05, 0) is 140 Å². The van der Waals surface area contributed by atoms with Gasteiger partial charge in [0.25, 0.3) is 0 Å². The highest BCUT2D eigenvalue weighted by Gasteiger charge is 2.37. The van der Waals surface area contributed by atoms with E-state index in [2.05, 4.69) is 159 Å². The van der Waals surface area contributed by atoms with Crippen LogP contribution in [-0.4, -0.2) is 19.9 Å². The molecule has 6 nitrogen and oxygen atoms in total. The minimum atomic E-state index is -0.191. The standard InChI is InChI=1S/C60H48N6/c1-59(2)51-37-43(25-29-47(51)49-31-27-45(39-53(49)59)65(55-13-5-9-33-61-55)56-14-6-10-34-62-56)23-21-41-17-19-42(20-18-41)22-24-44-26-30-48-50-32-28-46(40-54(50)60(3,4)52(48)38-44)66(57-15-7-11-35-63-57)58-16-8-12-36-64-58/h5-40H,1-4H3/b23-21+,24-22+. The van der Waals surface area contributed by atoms with E-state index in [0.29, 0.717) is 0 Å². The van der Waals surface area contributed by atoms with E-state index in [1.807, 2.05) is 97.6 Å². The summed E-state index contributed by atoms with van der Waals surface area (Å²) in [6, 6.07) is 59.9. The van der Waals surface area contributed by atoms with Crippen molar-refractivity contribution in [3.8, 4) is 22.3 Å². The minimum Gasteiger partial charge on any atom is -0.279 e. The van der Waals surface area contributed by atoms with Crippen LogP contribution in [-0.2, 0) is 10.8 Å². The zero-order chi connectivity index (χ0) is 44.8. The van der Waals surface area contributed by atoms with Crippen LogP contribution in [0.3, 0.4) is 0 Å². The van der Waals surface area contributed by atoms with Gasteiger partial charge in [0.1, 0.15) is 23.3 Å². The molecule has 6 heteroatoms. The van der Waals surface area contributed by atoms with Crippen LogP contribution in [0.5, 0.6) is 0 Å². The zero-order valence-corrected chi connectivity index (χ0v) is 37.5. The highest BCUT2D eigenvalue weighted by Crippen LogP contribution is 2.52. The maximum atomic E-state index is 4.70. The minimum absolute atomic E-state index is 0.191. The van der Waals surface area contributed by atoms with E-state index in [-0.39, 0.29) is 10.8 Å². The molecule has 4 heterocycles. The van der Waals surface area contributed by atoms with Crippen LogP contribution < -0.4 is 9.80 Å². The molecule has 0 fully saturated rings. The van der Waals surface area contributed by atoms with Gasteiger partial charge >= 0.3 is 0 Å². The van der Waals surface area contributed by atoms with E-state index in [1.165, 1.54) is 55.6 Å². The highest BCUT2D eigenvalue weighted by atomic mass is 15.2. The fourth-order valence-electron chi connectivity index (χ4n) is 9.78. The highest BCUT2D eigenvalue weighted by molar-refractivity contribution is 5.88. The summed E-state index contributed by atoms with van der Waals surface area (Å²) in [5, 5.41) is 0. The Bertz CT molecular complexity index is 2980. The predicted molar refractivity (Wildman–Crippen MR) is 273 cm³/mol. The molecule has 5 aromatic carbocycles. The Morgan fingerprint density at radius 1 is 0.318 bits per heavy atom. The van der Waals surface area contributed by atoms with Gasteiger partial charge in [0, 0.05) is 47.0 Å². The van der Waals surface area contributed by atoms with Crippen LogP contribution in [0.25, 0.3) is 46.6 Å². The number of anilines is 6. The summed E-state index contributed by atoms with van der Waals surface area (Å²) >= 11 is 0. The second kappa shape index (κ2) is 16.4. The summed E-state index contributed by atoms with van der Waals surface area (Å²) in [6.07, 6.45) is 16.2. The van der Waals surface area contributed by atoms with Gasteiger partial charge in [-0.3, -0.25) is 9.80 Å². The number of pyridine rings is 4. The number of nitrogens with zero attached hydrogens (tertiary/aromatic N) is 6. The van der Waals surface area contributed by atoms with Crippen molar-refractivity contribution in [3.63, 3.8) is 0 Å². The second-order valence-electron chi connectivity index (χ2n) is 18.1. The molecule has 66 heavy (non-hydrogen) atoms. The second-order valence-corrected chi connectivity index (χ2v) is 18.1. The van der Waals surface area contributed by atoms with Gasteiger partial charge in [0.2, 0.25) is 0 Å². The fourth-order valence-corrected chi connectivity index (χ4v) is 9.78. The monoisotopic (exact) mass is 852 g/mol. The summed E-state index contributed by atoms with van der Waals surface area (Å²) in [5.41, 5.74) is 16.7. The van der Waals surface area contributed by atoms with Crippen molar-refractivity contribution in [2.24, 2.45) is 0 Å². The summed E-state index contributed by atoms with van der Waals surface area (Å²) in [5.74, 6) is 3.33. The number of benzene rings is 5. The average Bonchev–Trinajstić information content (AvgIpc) is 3.72. The first-order valence-electron chi connectivity index (χ1n) is 22.5. The summed E-state index contributed by atoms with van der Waals surface area (Å²) in [4.78, 5) is 23.0. The summed E-state index contributed by atoms with van der Waals surface area (Å²) in [6.45, 7) is 9.31. The molecule has 0 radical (unpaired) electrons. The fraction of sp³-hybridized carbons (Fsp3) is 0.100. The van der Waals surface area contributed by atoms with Crippen LogP contribution in [0.15, 0.2) is 195 Å². The lowest BCUT2D eigenvalue weighted by Gasteiger charge is -2.26. The molecule has 0 N–H and O–H groups in total. The van der Waals surface area contributed by atoms with Crippen molar-refractivity contribution in [1.82, 2.24) is 19.9 Å². The van der Waals surface area contributed by atoms with Gasteiger partial charge in [0.15, 0.2) is 0 Å². The molecule has 0 saturated heterocycles. The van der Waals surface area contributed by atoms with Crippen molar-refractivity contribution in [3.05, 3.63) is 239 Å². The Morgan fingerprint density at radius 2 is 0.606 bits per heavy atom. The molecule has 0 atom stereocenters. The van der Waals surface area contributed by atoms with Crippen molar-refractivity contribution >= 4 is 59.0 Å². The van der Waals surface area contributed by atoms with E-state index < -0.39 is 0 Å². The quantitative estimate of drug-likeness (QED) is 0.128. The largest absolute Gasteiger partial charge is 0.279 e. The maximum Gasteiger partial charge on any atom is 0.138 e. The molecule has 0 unspecified atom stereocenters. The van der Waals surface area contributed by atoms with Gasteiger partial charge in [-0.1, -0.05) is 149 Å². The van der Waals surface area contributed by atoms with E-state index >= 15 is 0 Å². The lowest BCUT2D eigenvalue weighted by molar-refractivity contribution is 0.660. The number of aromatic nitrogens is 4. The van der Waals surface area contributed by atoms with Crippen molar-refractivity contribution in [2.75, 3.05) is 9.80 Å². The van der Waals surface area contributed by atoms with Crippen LogP contribution in [0.4, 0.5) is 34.6 Å². The lowest BCUT2D eigenvalue weighted by Crippen LogP contribution is -2.17. The molecule has 11 rings (SSSR count). The molecular weight excluding hydrogens is 805 g/mol. The molecule has 0 spiro atoms. The third kappa shape index (κ3) is 7.27. The molecule has 318 valence electrons. The first-order chi connectivity index (χ1) is 32.2. The molecule has 0 aliphatic heterocycles. The van der Waals surface area contributed by atoms with E-state index in [4.69, 9.17) is 19.9 Å². The van der Waals surface area contributed by atoms with Crippen LogP contribution in [0.1, 0.15) is 72.2 Å². The van der Waals surface area contributed by atoms with E-state index in [1.54, 1.807) is 0 Å². The Kier molecular flexibility index (Phi) is 10.1. The molecular formula is C60H48N6. The Balaban J connectivity index is 0.796. The number of hydrogen-bond donors (Lipinski definition) is 0. The van der Waals surface area contributed by atoms with E-state index in [9.17, 15) is 0 Å². The SMILES string of the molecule is CC1(C)c2cc(/C=C/c3ccc(/C=C/c4ccc5c(c4)C(C)(C)c4cc(N(c6ccccn6)c6ccccn6)ccc4-5)cc3)ccc2-c2ccc(N(c3ccccn3)c3ccccn3)cc21. The maximum absolute atomic E-state index is 4.70. The van der Waals surface area contributed by atoms with Crippen molar-refractivity contribution in [1.29, 1.82) is 0 Å². The first kappa shape index (κ1) is 40.5. The predicted octanol–water partition coefficient (Wildman–Crippen LogP) is 15.2. The number of fused-ring (bicyclic) bond motifs is 6.